The van der Waals surface area contributed by atoms with Crippen LogP contribution in [-0.4, -0.2) is 77.6 Å². The number of nitrogens with zero attached hydrogens (tertiary/aromatic N) is 4. The fraction of sp³-hybridized carbons (Fsp3) is 0.333. The van der Waals surface area contributed by atoms with Crippen molar-refractivity contribution in [2.45, 2.75) is 6.92 Å². The van der Waals surface area contributed by atoms with Crippen molar-refractivity contribution in [3.63, 3.8) is 0 Å². The Balaban J connectivity index is 1.56. The van der Waals surface area contributed by atoms with Gasteiger partial charge < -0.3 is 25.0 Å². The van der Waals surface area contributed by atoms with Crippen LogP contribution in [0.5, 0.6) is 0 Å². The second kappa shape index (κ2) is 8.97. The smallest absolute Gasteiger partial charge is 0.436 e. The van der Waals surface area contributed by atoms with Gasteiger partial charge in [0.25, 0.3) is 5.91 Å². The molecule has 2 aromatic heterocycles. The van der Waals surface area contributed by atoms with Gasteiger partial charge in [0.1, 0.15) is 9.71 Å². The summed E-state index contributed by atoms with van der Waals surface area (Å²) in [5.74, 6) is -1.43. The average molecular weight is 458 g/mol. The summed E-state index contributed by atoms with van der Waals surface area (Å²) in [5, 5.41) is 16.5. The van der Waals surface area contributed by atoms with E-state index in [1.165, 1.54) is 6.07 Å². The normalized spacial score (nSPS) is 14.5. The van der Waals surface area contributed by atoms with Gasteiger partial charge in [-0.3, -0.25) is 4.79 Å². The van der Waals surface area contributed by atoms with E-state index in [4.69, 9.17) is 4.74 Å². The molecule has 1 saturated heterocycles. The Kier molecular flexibility index (Phi) is 6.10. The maximum atomic E-state index is 12.8. The molecule has 11 heteroatoms. The first-order chi connectivity index (χ1) is 15.4. The standard InChI is InChI=1S/C21H23N5O5S/c1-3-31-21(30)26-19-15(12-16(32-19)20(28)29)17(23-26)22-18(27)13-4-6-14(7-5-13)25-10-8-24(2)9-11-25/h4-7,12H,3,8-11H2,1-2H3,(H,28,29)(H,22,23,27). The summed E-state index contributed by atoms with van der Waals surface area (Å²) in [6.07, 6.45) is -0.742. The maximum Gasteiger partial charge on any atom is 0.436 e. The molecule has 4 rings (SSSR count). The number of piperazine rings is 1. The largest absolute Gasteiger partial charge is 0.477 e. The monoisotopic (exact) mass is 457 g/mol. The topological polar surface area (TPSA) is 117 Å². The van der Waals surface area contributed by atoms with Crippen LogP contribution >= 0.6 is 11.3 Å². The Labute approximate surface area is 188 Å². The van der Waals surface area contributed by atoms with Crippen LogP contribution in [0.3, 0.4) is 0 Å². The molecule has 1 aromatic carbocycles. The first kappa shape index (κ1) is 21.8. The van der Waals surface area contributed by atoms with Crippen LogP contribution in [0.25, 0.3) is 10.2 Å². The van der Waals surface area contributed by atoms with Crippen molar-refractivity contribution in [1.29, 1.82) is 0 Å². The number of ether oxygens (including phenoxy) is 1. The lowest BCUT2D eigenvalue weighted by Gasteiger charge is -2.34. The van der Waals surface area contributed by atoms with E-state index < -0.39 is 18.0 Å². The molecule has 168 valence electrons. The van der Waals surface area contributed by atoms with Gasteiger partial charge in [-0.1, -0.05) is 0 Å². The molecule has 0 radical (unpaired) electrons. The second-order valence-electron chi connectivity index (χ2n) is 7.39. The summed E-state index contributed by atoms with van der Waals surface area (Å²) in [5.41, 5.74) is 1.47. The minimum atomic E-state index is -1.13. The SMILES string of the molecule is CCOC(=O)n1nc(NC(=O)c2ccc(N3CCN(C)CC3)cc2)c2cc(C(=O)O)sc21. The van der Waals surface area contributed by atoms with E-state index in [1.807, 2.05) is 12.1 Å². The molecule has 0 spiro atoms. The van der Waals surface area contributed by atoms with Gasteiger partial charge in [-0.2, -0.15) is 4.68 Å². The van der Waals surface area contributed by atoms with Crippen LogP contribution in [0.4, 0.5) is 16.3 Å². The molecule has 10 nitrogen and oxygen atoms in total. The highest BCUT2D eigenvalue weighted by Gasteiger charge is 2.23. The minimum absolute atomic E-state index is 0.0301. The lowest BCUT2D eigenvalue weighted by molar-refractivity contribution is 0.0702. The zero-order valence-electron chi connectivity index (χ0n) is 17.7. The van der Waals surface area contributed by atoms with Crippen LogP contribution in [-0.2, 0) is 4.74 Å². The molecule has 0 atom stereocenters. The molecule has 1 aliphatic heterocycles. The number of thiophene rings is 1. The third-order valence-electron chi connectivity index (χ3n) is 5.24. The van der Waals surface area contributed by atoms with E-state index >= 15 is 0 Å². The third-order valence-corrected chi connectivity index (χ3v) is 6.34. The first-order valence-corrected chi connectivity index (χ1v) is 11.0. The van der Waals surface area contributed by atoms with Gasteiger partial charge in [0.05, 0.1) is 12.0 Å². The Morgan fingerprint density at radius 3 is 2.47 bits per heavy atom. The van der Waals surface area contributed by atoms with Crippen LogP contribution in [0.15, 0.2) is 30.3 Å². The number of hydrogen-bond acceptors (Lipinski definition) is 8. The highest BCUT2D eigenvalue weighted by Crippen LogP contribution is 2.32. The predicted octanol–water partition coefficient (Wildman–Crippen LogP) is 2.80. The molecule has 32 heavy (non-hydrogen) atoms. The minimum Gasteiger partial charge on any atom is -0.477 e. The molecular weight excluding hydrogens is 434 g/mol. The van der Waals surface area contributed by atoms with Crippen molar-refractivity contribution in [2.24, 2.45) is 0 Å². The van der Waals surface area contributed by atoms with Crippen molar-refractivity contribution < 1.29 is 24.2 Å². The number of carboxylic acids is 1. The number of carboxylic acid groups (broad SMARTS) is 1. The highest BCUT2D eigenvalue weighted by atomic mass is 32.1. The van der Waals surface area contributed by atoms with Crippen molar-refractivity contribution in [2.75, 3.05) is 50.1 Å². The second-order valence-corrected chi connectivity index (χ2v) is 8.42. The number of hydrogen-bond donors (Lipinski definition) is 2. The van der Waals surface area contributed by atoms with Crippen LogP contribution in [0.1, 0.15) is 27.0 Å². The molecule has 0 aliphatic carbocycles. The molecule has 2 N–H and O–H groups in total. The Bertz CT molecular complexity index is 1160. The highest BCUT2D eigenvalue weighted by molar-refractivity contribution is 7.20. The van der Waals surface area contributed by atoms with Crippen molar-refractivity contribution >= 4 is 51.0 Å². The summed E-state index contributed by atoms with van der Waals surface area (Å²) < 4.78 is 5.96. The molecule has 1 aliphatic rings. The van der Waals surface area contributed by atoms with Gasteiger partial charge in [-0.25, -0.2) is 9.59 Å². The van der Waals surface area contributed by atoms with E-state index in [-0.39, 0.29) is 17.3 Å². The van der Waals surface area contributed by atoms with E-state index in [0.29, 0.717) is 15.8 Å². The number of rotatable bonds is 5. The number of amides is 1. The molecule has 1 fully saturated rings. The predicted molar refractivity (Wildman–Crippen MR) is 121 cm³/mol. The van der Waals surface area contributed by atoms with Crippen molar-refractivity contribution in [3.8, 4) is 0 Å². The third kappa shape index (κ3) is 4.30. The summed E-state index contributed by atoms with van der Waals surface area (Å²) in [7, 11) is 2.10. The Hall–Kier alpha value is -3.44. The Morgan fingerprint density at radius 1 is 1.16 bits per heavy atom. The fourth-order valence-electron chi connectivity index (χ4n) is 3.48. The molecule has 0 bridgehead atoms. The Morgan fingerprint density at radius 2 is 1.84 bits per heavy atom. The number of carbonyl (C=O) groups is 3. The number of nitrogens with one attached hydrogen (secondary N) is 1. The van der Waals surface area contributed by atoms with E-state index in [2.05, 4.69) is 27.3 Å². The number of aromatic nitrogens is 2. The number of likely N-dealkylation sites (N-methyl/N-ethyl adjacent to an activating group) is 1. The molecule has 0 saturated carbocycles. The lowest BCUT2D eigenvalue weighted by atomic mass is 10.1. The van der Waals surface area contributed by atoms with Gasteiger partial charge in [0.2, 0.25) is 0 Å². The number of anilines is 2. The number of carbonyl (C=O) groups excluding carboxylic acids is 2. The number of fused-ring (bicyclic) bond motifs is 1. The molecule has 0 unspecified atom stereocenters. The van der Waals surface area contributed by atoms with Crippen molar-refractivity contribution in [1.82, 2.24) is 14.7 Å². The van der Waals surface area contributed by atoms with Crippen LogP contribution in [0, 0.1) is 0 Å². The van der Waals surface area contributed by atoms with Crippen molar-refractivity contribution in [3.05, 3.63) is 40.8 Å². The van der Waals surface area contributed by atoms with Crippen LogP contribution in [0.2, 0.25) is 0 Å². The molecular formula is C21H23N5O5S. The quantitative estimate of drug-likeness (QED) is 0.601. The van der Waals surface area contributed by atoms with E-state index in [0.717, 1.165) is 47.9 Å². The molecule has 3 aromatic rings. The summed E-state index contributed by atoms with van der Waals surface area (Å²) in [4.78, 5) is 41.3. The van der Waals surface area contributed by atoms with Gasteiger partial charge in [-0.05, 0) is 44.3 Å². The fourth-order valence-corrected chi connectivity index (χ4v) is 4.42. The zero-order chi connectivity index (χ0) is 22.8. The van der Waals surface area contributed by atoms with Gasteiger partial charge >= 0.3 is 12.1 Å². The van der Waals surface area contributed by atoms with Gasteiger partial charge in [-0.15, -0.1) is 16.4 Å². The zero-order valence-corrected chi connectivity index (χ0v) is 18.5. The van der Waals surface area contributed by atoms with E-state index in [9.17, 15) is 19.5 Å². The number of aromatic carboxylic acids is 1. The van der Waals surface area contributed by atoms with E-state index in [1.54, 1.807) is 19.1 Å². The first-order valence-electron chi connectivity index (χ1n) is 10.1. The summed E-state index contributed by atoms with van der Waals surface area (Å²) >= 11 is 0.888. The lowest BCUT2D eigenvalue weighted by Crippen LogP contribution is -2.44. The molecule has 3 heterocycles. The number of benzene rings is 1. The summed E-state index contributed by atoms with van der Waals surface area (Å²) in [6.45, 7) is 5.62. The molecule has 1 amide bonds. The summed E-state index contributed by atoms with van der Waals surface area (Å²) in [6, 6.07) is 8.66. The van der Waals surface area contributed by atoms with Crippen LogP contribution < -0.4 is 10.2 Å². The maximum absolute atomic E-state index is 12.8. The average Bonchev–Trinajstić information content (AvgIpc) is 3.35. The van der Waals surface area contributed by atoms with Gasteiger partial charge in [0.15, 0.2) is 5.82 Å². The van der Waals surface area contributed by atoms with Gasteiger partial charge in [0, 0.05) is 37.4 Å².